The summed E-state index contributed by atoms with van der Waals surface area (Å²) in [6.07, 6.45) is 5.11. The number of hydrogen-bond acceptors (Lipinski definition) is 3. The molecule has 0 radical (unpaired) electrons. The van der Waals surface area contributed by atoms with Crippen LogP contribution in [-0.4, -0.2) is 21.6 Å². The molecule has 1 heterocycles. The van der Waals surface area contributed by atoms with Crippen molar-refractivity contribution in [3.63, 3.8) is 0 Å². The quantitative estimate of drug-likeness (QED) is 0.615. The van der Waals surface area contributed by atoms with Gasteiger partial charge < -0.3 is 9.30 Å². The van der Waals surface area contributed by atoms with E-state index in [-0.39, 0.29) is 18.6 Å². The van der Waals surface area contributed by atoms with Crippen LogP contribution in [0.1, 0.15) is 44.0 Å². The van der Waals surface area contributed by atoms with Crippen LogP contribution >= 0.6 is 0 Å². The molecular formula is C23H26N2O2. The van der Waals surface area contributed by atoms with Gasteiger partial charge >= 0.3 is 5.97 Å². The second kappa shape index (κ2) is 7.95. The van der Waals surface area contributed by atoms with Gasteiger partial charge in [0.05, 0.1) is 11.0 Å². The lowest BCUT2D eigenvalue weighted by atomic mass is 9.89. The highest BCUT2D eigenvalue weighted by Crippen LogP contribution is 2.26. The Morgan fingerprint density at radius 1 is 1.11 bits per heavy atom. The van der Waals surface area contributed by atoms with Crippen LogP contribution in [0.15, 0.2) is 54.6 Å². The maximum absolute atomic E-state index is 12.7. The number of hydrogen-bond donors (Lipinski definition) is 0. The van der Waals surface area contributed by atoms with Gasteiger partial charge in [0.15, 0.2) is 0 Å². The second-order valence-corrected chi connectivity index (χ2v) is 7.65. The molecule has 1 fully saturated rings. The number of carbonyl (C=O) groups excluding carboxylic acids is 1. The summed E-state index contributed by atoms with van der Waals surface area (Å²) in [6, 6.07) is 18.2. The summed E-state index contributed by atoms with van der Waals surface area (Å²) in [5.74, 6) is 1.38. The third-order valence-electron chi connectivity index (χ3n) is 5.41. The Morgan fingerprint density at radius 2 is 1.89 bits per heavy atom. The van der Waals surface area contributed by atoms with Crippen molar-refractivity contribution in [2.75, 3.05) is 0 Å². The lowest BCUT2D eigenvalue weighted by Crippen LogP contribution is -2.26. The summed E-state index contributed by atoms with van der Waals surface area (Å²) < 4.78 is 7.81. The molecule has 1 aromatic heterocycles. The number of nitrogens with zero attached hydrogens (tertiary/aromatic N) is 2. The number of benzene rings is 2. The first-order valence-corrected chi connectivity index (χ1v) is 9.86. The molecule has 2 atom stereocenters. The largest absolute Gasteiger partial charge is 0.461 e. The number of fused-ring (bicyclic) bond motifs is 1. The Bertz CT molecular complexity index is 917. The number of aromatic nitrogens is 2. The number of carbonyl (C=O) groups is 1. The van der Waals surface area contributed by atoms with Gasteiger partial charge in [-0.3, -0.25) is 4.79 Å². The molecule has 2 aromatic carbocycles. The van der Waals surface area contributed by atoms with Crippen molar-refractivity contribution < 1.29 is 9.53 Å². The smallest absolute Gasteiger partial charge is 0.326 e. The van der Waals surface area contributed by atoms with E-state index >= 15 is 0 Å². The van der Waals surface area contributed by atoms with E-state index < -0.39 is 0 Å². The van der Waals surface area contributed by atoms with E-state index in [1.807, 2.05) is 47.0 Å². The van der Waals surface area contributed by atoms with Crippen LogP contribution in [0.25, 0.3) is 11.0 Å². The van der Waals surface area contributed by atoms with Crippen molar-refractivity contribution in [2.45, 2.75) is 51.7 Å². The standard InChI is InChI=1S/C23H26N2O2/c1-17-8-7-11-19(14-17)27-23(26)16-25-21-13-6-5-12-20(21)24-22(25)15-18-9-3-2-4-10-18/h2-6,9-10,12-13,17,19H,7-8,11,14-16H2,1H3. The van der Waals surface area contributed by atoms with Crippen molar-refractivity contribution in [1.29, 1.82) is 0 Å². The lowest BCUT2D eigenvalue weighted by Gasteiger charge is -2.26. The molecule has 1 aliphatic carbocycles. The average molecular weight is 362 g/mol. The van der Waals surface area contributed by atoms with E-state index in [9.17, 15) is 4.79 Å². The van der Waals surface area contributed by atoms with Crippen LogP contribution in [0.5, 0.6) is 0 Å². The van der Waals surface area contributed by atoms with E-state index in [0.29, 0.717) is 12.3 Å². The zero-order valence-electron chi connectivity index (χ0n) is 15.8. The Labute approximate surface area is 160 Å². The van der Waals surface area contributed by atoms with Crippen LogP contribution in [0, 0.1) is 5.92 Å². The Morgan fingerprint density at radius 3 is 2.70 bits per heavy atom. The fourth-order valence-corrected chi connectivity index (χ4v) is 4.05. The van der Waals surface area contributed by atoms with Crippen molar-refractivity contribution in [2.24, 2.45) is 5.92 Å². The van der Waals surface area contributed by atoms with Crippen molar-refractivity contribution in [3.05, 3.63) is 66.0 Å². The first-order chi connectivity index (χ1) is 13.2. The highest BCUT2D eigenvalue weighted by atomic mass is 16.5. The zero-order valence-corrected chi connectivity index (χ0v) is 15.8. The fraction of sp³-hybridized carbons (Fsp3) is 0.391. The number of rotatable bonds is 5. The molecule has 0 bridgehead atoms. The number of para-hydroxylation sites is 2. The van der Waals surface area contributed by atoms with Gasteiger partial charge in [-0.2, -0.15) is 0 Å². The molecular weight excluding hydrogens is 336 g/mol. The lowest BCUT2D eigenvalue weighted by molar-refractivity contribution is -0.151. The van der Waals surface area contributed by atoms with Crippen LogP contribution in [0.2, 0.25) is 0 Å². The summed E-state index contributed by atoms with van der Waals surface area (Å²) in [6.45, 7) is 2.45. The van der Waals surface area contributed by atoms with Gasteiger partial charge in [0.1, 0.15) is 18.5 Å². The van der Waals surface area contributed by atoms with E-state index in [1.54, 1.807) is 0 Å². The molecule has 4 rings (SSSR count). The first-order valence-electron chi connectivity index (χ1n) is 9.86. The van der Waals surface area contributed by atoms with E-state index in [1.165, 1.54) is 12.0 Å². The summed E-state index contributed by atoms with van der Waals surface area (Å²) >= 11 is 0. The van der Waals surface area contributed by atoms with Crippen LogP contribution < -0.4 is 0 Å². The normalized spacial score (nSPS) is 19.9. The predicted octanol–water partition coefficient (Wildman–Crippen LogP) is 4.75. The van der Waals surface area contributed by atoms with Crippen LogP contribution in [0.4, 0.5) is 0 Å². The van der Waals surface area contributed by atoms with E-state index in [2.05, 4.69) is 19.1 Å². The van der Waals surface area contributed by atoms with Gasteiger partial charge in [-0.1, -0.05) is 55.8 Å². The maximum Gasteiger partial charge on any atom is 0.326 e. The molecule has 140 valence electrons. The molecule has 0 saturated heterocycles. The molecule has 0 aliphatic heterocycles. The third kappa shape index (κ3) is 4.21. The molecule has 0 amide bonds. The minimum Gasteiger partial charge on any atom is -0.461 e. The fourth-order valence-electron chi connectivity index (χ4n) is 4.05. The minimum absolute atomic E-state index is 0.0635. The SMILES string of the molecule is CC1CCCC(OC(=O)Cn2c(Cc3ccccc3)nc3ccccc32)C1. The Balaban J connectivity index is 1.56. The predicted molar refractivity (Wildman–Crippen MR) is 106 cm³/mol. The van der Waals surface area contributed by atoms with Gasteiger partial charge in [0.2, 0.25) is 0 Å². The molecule has 0 N–H and O–H groups in total. The molecule has 2 unspecified atom stereocenters. The Kier molecular flexibility index (Phi) is 5.23. The molecule has 0 spiro atoms. The molecule has 27 heavy (non-hydrogen) atoms. The van der Waals surface area contributed by atoms with Gasteiger partial charge in [0.25, 0.3) is 0 Å². The maximum atomic E-state index is 12.7. The number of imidazole rings is 1. The highest BCUT2D eigenvalue weighted by molar-refractivity contribution is 5.79. The summed E-state index contributed by atoms with van der Waals surface area (Å²) in [7, 11) is 0. The van der Waals surface area contributed by atoms with Crippen molar-refractivity contribution >= 4 is 17.0 Å². The molecule has 4 heteroatoms. The highest BCUT2D eigenvalue weighted by Gasteiger charge is 2.23. The summed E-state index contributed by atoms with van der Waals surface area (Å²) in [4.78, 5) is 17.4. The molecule has 1 aliphatic rings. The summed E-state index contributed by atoms with van der Waals surface area (Å²) in [5.41, 5.74) is 3.09. The number of ether oxygens (including phenoxy) is 1. The van der Waals surface area contributed by atoms with Crippen LogP contribution in [-0.2, 0) is 22.5 Å². The Hall–Kier alpha value is -2.62. The zero-order chi connectivity index (χ0) is 18.6. The van der Waals surface area contributed by atoms with Gasteiger partial charge in [0, 0.05) is 6.42 Å². The van der Waals surface area contributed by atoms with Crippen molar-refractivity contribution in [3.8, 4) is 0 Å². The van der Waals surface area contributed by atoms with Crippen molar-refractivity contribution in [1.82, 2.24) is 9.55 Å². The number of esters is 1. The molecule has 4 nitrogen and oxygen atoms in total. The minimum atomic E-state index is -0.161. The average Bonchev–Trinajstić information content (AvgIpc) is 3.00. The monoisotopic (exact) mass is 362 g/mol. The van der Waals surface area contributed by atoms with Gasteiger partial charge in [-0.05, 0) is 42.9 Å². The van der Waals surface area contributed by atoms with Gasteiger partial charge in [-0.25, -0.2) is 4.98 Å². The summed E-state index contributed by atoms with van der Waals surface area (Å²) in [5, 5.41) is 0. The molecule has 3 aromatic rings. The van der Waals surface area contributed by atoms with Crippen LogP contribution in [0.3, 0.4) is 0 Å². The van der Waals surface area contributed by atoms with Gasteiger partial charge in [-0.15, -0.1) is 0 Å². The molecule has 1 saturated carbocycles. The van der Waals surface area contributed by atoms with E-state index in [0.717, 1.165) is 36.1 Å². The van der Waals surface area contributed by atoms with E-state index in [4.69, 9.17) is 9.72 Å². The first kappa shape index (κ1) is 17.8. The topological polar surface area (TPSA) is 44.1 Å². The second-order valence-electron chi connectivity index (χ2n) is 7.65. The third-order valence-corrected chi connectivity index (χ3v) is 5.41.